The summed E-state index contributed by atoms with van der Waals surface area (Å²) in [6.45, 7) is 0. The molecule has 0 radical (unpaired) electrons. The van der Waals surface area contributed by atoms with Gasteiger partial charge in [-0.2, -0.15) is 0 Å². The fraction of sp³-hybridized carbons (Fsp3) is 0.0556. The number of rotatable bonds is 4. The van der Waals surface area contributed by atoms with Crippen LogP contribution < -0.4 is 0 Å². The molecule has 0 unspecified atom stereocenters. The van der Waals surface area contributed by atoms with Gasteiger partial charge < -0.3 is 4.98 Å². The van der Waals surface area contributed by atoms with Crippen molar-refractivity contribution in [1.29, 1.82) is 0 Å². The molecule has 26 heavy (non-hydrogen) atoms. The summed E-state index contributed by atoms with van der Waals surface area (Å²) in [5.74, 6) is 0.537. The summed E-state index contributed by atoms with van der Waals surface area (Å²) >= 11 is 13.2. The van der Waals surface area contributed by atoms with Crippen LogP contribution >= 0.6 is 35.0 Å². The minimum atomic E-state index is -0.455. The van der Waals surface area contributed by atoms with E-state index in [-0.39, 0.29) is 6.45 Å². The fourth-order valence-corrected chi connectivity index (χ4v) is 3.60. The third kappa shape index (κ3) is 3.53. The van der Waals surface area contributed by atoms with Crippen LogP contribution in [0.15, 0.2) is 53.9 Å². The van der Waals surface area contributed by atoms with Crippen molar-refractivity contribution in [1.82, 2.24) is 19.9 Å². The van der Waals surface area contributed by atoms with Crippen LogP contribution in [0.1, 0.15) is 6.99 Å². The smallest absolute Gasteiger partial charge is 0.173 e. The first-order chi connectivity index (χ1) is 12.6. The molecular weight excluding hydrogens is 394 g/mol. The van der Waals surface area contributed by atoms with E-state index in [1.807, 2.05) is 24.3 Å². The van der Waals surface area contributed by atoms with Crippen LogP contribution in [0.3, 0.4) is 0 Å². The van der Waals surface area contributed by atoms with Gasteiger partial charge in [0.1, 0.15) is 10.7 Å². The van der Waals surface area contributed by atoms with E-state index in [0.717, 1.165) is 16.5 Å². The van der Waals surface area contributed by atoms with E-state index in [2.05, 4.69) is 19.9 Å². The number of pyridine rings is 1. The zero-order valence-electron chi connectivity index (χ0n) is 13.2. The molecule has 4 nitrogen and oxygen atoms in total. The van der Waals surface area contributed by atoms with Crippen molar-refractivity contribution >= 4 is 46.0 Å². The highest BCUT2D eigenvalue weighted by atomic mass is 35.5. The molecule has 0 aliphatic heterocycles. The third-order valence-corrected chi connectivity index (χ3v) is 5.24. The van der Waals surface area contributed by atoms with Crippen molar-refractivity contribution < 1.29 is 5.82 Å². The molecule has 0 atom stereocenters. The Morgan fingerprint density at radius 2 is 1.88 bits per heavy atom. The topological polar surface area (TPSA) is 54.5 Å². The number of aromatic amines is 1. The molecule has 132 valence electrons. The van der Waals surface area contributed by atoms with Crippen molar-refractivity contribution in [3.8, 4) is 11.4 Å². The number of nitrogens with zero attached hydrogens (tertiary/aromatic N) is 3. The molecule has 0 aliphatic carbocycles. The molecule has 8 heteroatoms. The lowest BCUT2D eigenvalue weighted by molar-refractivity contribution is 0.580. The molecule has 4 aromatic rings. The van der Waals surface area contributed by atoms with Crippen molar-refractivity contribution in [3.63, 3.8) is 0 Å². The SMILES string of the molecule is Fc1cnc(-c2c[nH]c3ncc(Cl)cc23)nc1SCc1ccc(Cl)cc1.[HH]. The molecule has 1 N–H and O–H groups in total. The molecule has 3 aromatic heterocycles. The first kappa shape index (κ1) is 17.3. The summed E-state index contributed by atoms with van der Waals surface area (Å²) in [7, 11) is 0. The molecule has 0 amide bonds. The maximum Gasteiger partial charge on any atom is 0.173 e. The highest BCUT2D eigenvalue weighted by molar-refractivity contribution is 7.98. The van der Waals surface area contributed by atoms with Gasteiger partial charge in [-0.3, -0.25) is 0 Å². The largest absolute Gasteiger partial charge is 0.345 e. The number of hydrogen-bond acceptors (Lipinski definition) is 4. The second kappa shape index (κ2) is 7.23. The predicted octanol–water partition coefficient (Wildman–Crippen LogP) is 6.00. The number of H-pyrrole nitrogens is 1. The zero-order valence-corrected chi connectivity index (χ0v) is 15.5. The van der Waals surface area contributed by atoms with Gasteiger partial charge in [0.25, 0.3) is 0 Å². The van der Waals surface area contributed by atoms with Gasteiger partial charge in [0.2, 0.25) is 0 Å². The summed E-state index contributed by atoms with van der Waals surface area (Å²) in [5, 5.41) is 2.26. The molecule has 0 aliphatic rings. The summed E-state index contributed by atoms with van der Waals surface area (Å²) in [6.07, 6.45) is 4.49. The van der Waals surface area contributed by atoms with Gasteiger partial charge in [-0.1, -0.05) is 47.1 Å². The molecular formula is C18H13Cl2FN4S. The molecule has 0 saturated heterocycles. The van der Waals surface area contributed by atoms with E-state index in [1.165, 1.54) is 18.0 Å². The van der Waals surface area contributed by atoms with Gasteiger partial charge in [0.15, 0.2) is 11.6 Å². The number of fused-ring (bicyclic) bond motifs is 1. The first-order valence-electron chi connectivity index (χ1n) is 7.63. The second-order valence-electron chi connectivity index (χ2n) is 5.51. The van der Waals surface area contributed by atoms with Gasteiger partial charge in [0, 0.05) is 35.5 Å². The minimum Gasteiger partial charge on any atom is -0.345 e. The Hall–Kier alpha value is -2.15. The van der Waals surface area contributed by atoms with Crippen LogP contribution in [0.2, 0.25) is 10.0 Å². The summed E-state index contributed by atoms with van der Waals surface area (Å²) in [5.41, 5.74) is 2.43. The summed E-state index contributed by atoms with van der Waals surface area (Å²) < 4.78 is 14.1. The van der Waals surface area contributed by atoms with Crippen LogP contribution in [0, 0.1) is 5.82 Å². The van der Waals surface area contributed by atoms with E-state index in [1.54, 1.807) is 18.5 Å². The Balaban J connectivity index is 0.00000210. The Morgan fingerprint density at radius 3 is 2.69 bits per heavy atom. The van der Waals surface area contributed by atoms with Gasteiger partial charge >= 0.3 is 0 Å². The van der Waals surface area contributed by atoms with Gasteiger partial charge in [-0.15, -0.1) is 0 Å². The second-order valence-corrected chi connectivity index (χ2v) is 7.35. The lowest BCUT2D eigenvalue weighted by atomic mass is 10.2. The quantitative estimate of drug-likeness (QED) is 0.333. The lowest BCUT2D eigenvalue weighted by Gasteiger charge is -2.05. The molecule has 3 heterocycles. The highest BCUT2D eigenvalue weighted by Gasteiger charge is 2.14. The predicted molar refractivity (Wildman–Crippen MR) is 105 cm³/mol. The normalized spacial score (nSPS) is 11.2. The zero-order chi connectivity index (χ0) is 18.1. The number of halogens is 3. The summed E-state index contributed by atoms with van der Waals surface area (Å²) in [4.78, 5) is 15.8. The Kier molecular flexibility index (Phi) is 4.80. The molecule has 0 fully saturated rings. The van der Waals surface area contributed by atoms with Crippen molar-refractivity contribution in [3.05, 3.63) is 70.3 Å². The van der Waals surface area contributed by atoms with Crippen molar-refractivity contribution in [2.24, 2.45) is 0 Å². The van der Waals surface area contributed by atoms with E-state index in [9.17, 15) is 4.39 Å². The van der Waals surface area contributed by atoms with E-state index in [0.29, 0.717) is 27.3 Å². The van der Waals surface area contributed by atoms with Crippen LogP contribution in [0.5, 0.6) is 0 Å². The standard InChI is InChI=1S/C18H11Cl2FN4S.H2/c19-11-3-1-10(2-4-11)9-26-18-15(21)8-24-17(25-18)14-7-23-16-13(14)5-12(20)6-22-16;/h1-8H,9H2,(H,22,23);1H. The summed E-state index contributed by atoms with van der Waals surface area (Å²) in [6, 6.07) is 9.21. The molecule has 0 spiro atoms. The fourth-order valence-electron chi connectivity index (χ4n) is 2.48. The monoisotopic (exact) mass is 406 g/mol. The molecule has 0 bridgehead atoms. The number of aromatic nitrogens is 4. The molecule has 0 saturated carbocycles. The van der Waals surface area contributed by atoms with Gasteiger partial charge in [0.05, 0.1) is 11.2 Å². The van der Waals surface area contributed by atoms with Crippen LogP contribution in [0.25, 0.3) is 22.4 Å². The number of nitrogens with one attached hydrogen (secondary N) is 1. The average Bonchev–Trinajstić information content (AvgIpc) is 3.05. The maximum absolute atomic E-state index is 14.1. The average molecular weight is 407 g/mol. The van der Waals surface area contributed by atoms with E-state index >= 15 is 0 Å². The van der Waals surface area contributed by atoms with Crippen LogP contribution in [0.4, 0.5) is 4.39 Å². The van der Waals surface area contributed by atoms with Crippen molar-refractivity contribution in [2.75, 3.05) is 0 Å². The highest BCUT2D eigenvalue weighted by Crippen LogP contribution is 2.30. The number of thioether (sulfide) groups is 1. The first-order valence-corrected chi connectivity index (χ1v) is 9.37. The van der Waals surface area contributed by atoms with Crippen LogP contribution in [-0.2, 0) is 5.75 Å². The van der Waals surface area contributed by atoms with E-state index in [4.69, 9.17) is 23.2 Å². The van der Waals surface area contributed by atoms with Gasteiger partial charge in [-0.25, -0.2) is 19.3 Å². The van der Waals surface area contributed by atoms with Crippen molar-refractivity contribution in [2.45, 2.75) is 10.8 Å². The van der Waals surface area contributed by atoms with Crippen LogP contribution in [-0.4, -0.2) is 19.9 Å². The van der Waals surface area contributed by atoms with E-state index < -0.39 is 5.82 Å². The Bertz CT molecular complexity index is 1090. The number of hydrogen-bond donors (Lipinski definition) is 1. The lowest BCUT2D eigenvalue weighted by Crippen LogP contribution is -1.95. The Morgan fingerprint density at radius 1 is 1.08 bits per heavy atom. The molecule has 4 rings (SSSR count). The maximum atomic E-state index is 14.1. The molecule has 1 aromatic carbocycles. The number of benzene rings is 1. The minimum absolute atomic E-state index is 0. The Labute approximate surface area is 164 Å². The van der Waals surface area contributed by atoms with Gasteiger partial charge in [-0.05, 0) is 23.8 Å². The third-order valence-electron chi connectivity index (χ3n) is 3.74.